The monoisotopic (exact) mass is 670 g/mol. The number of methoxy groups -OCH3 is 1. The number of nitrogen functional groups attached to an aromatic ring is 1. The smallest absolute Gasteiger partial charge is 0.410 e. The summed E-state index contributed by atoms with van der Waals surface area (Å²) >= 11 is 0. The first-order valence-electron chi connectivity index (χ1n) is 17.5. The number of nitrogens with two attached hydrogens (primary N) is 2. The molecule has 1 spiro atoms. The summed E-state index contributed by atoms with van der Waals surface area (Å²) in [4.78, 5) is 32.3. The highest BCUT2D eigenvalue weighted by Gasteiger charge is 2.55. The lowest BCUT2D eigenvalue weighted by Crippen LogP contribution is -2.68. The van der Waals surface area contributed by atoms with Gasteiger partial charge in [-0.25, -0.2) is 9.78 Å². The van der Waals surface area contributed by atoms with E-state index in [1.165, 1.54) is 0 Å². The first-order valence-corrected chi connectivity index (χ1v) is 17.5. The zero-order valence-electron chi connectivity index (χ0n) is 29.3. The van der Waals surface area contributed by atoms with Gasteiger partial charge < -0.3 is 45.7 Å². The van der Waals surface area contributed by atoms with Crippen LogP contribution in [0.25, 0.3) is 11.8 Å². The summed E-state index contributed by atoms with van der Waals surface area (Å²) in [5.41, 5.74) is 17.8. The van der Waals surface area contributed by atoms with Crippen LogP contribution >= 0.6 is 0 Å². The number of piperidine rings is 1. The highest BCUT2D eigenvalue weighted by atomic mass is 16.6. The highest BCUT2D eigenvalue weighted by Crippen LogP contribution is 2.51. The van der Waals surface area contributed by atoms with Crippen molar-refractivity contribution in [1.82, 2.24) is 24.8 Å². The molecule has 1 saturated carbocycles. The quantitative estimate of drug-likeness (QED) is 0.273. The van der Waals surface area contributed by atoms with E-state index in [4.69, 9.17) is 30.9 Å². The number of anilines is 2. The lowest BCUT2D eigenvalue weighted by atomic mass is 9.60. The van der Waals surface area contributed by atoms with Crippen molar-refractivity contribution in [1.29, 1.82) is 0 Å². The predicted octanol–water partition coefficient (Wildman–Crippen LogP) is 5.26. The molecule has 2 saturated heterocycles. The molecule has 4 aliphatic rings. The largest absolute Gasteiger partial charge is 0.507 e. The first kappa shape index (κ1) is 33.1. The minimum Gasteiger partial charge on any atom is -0.507 e. The van der Waals surface area contributed by atoms with Crippen molar-refractivity contribution in [3.8, 4) is 11.6 Å². The number of rotatable bonds is 6. The molecule has 6 N–H and O–H groups in total. The number of aromatic hydroxyl groups is 1. The Morgan fingerprint density at radius 1 is 1.14 bits per heavy atom. The number of nitrogens with one attached hydrogen (secondary N) is 1. The molecule has 49 heavy (non-hydrogen) atoms. The fraction of sp³-hybridized carbons (Fsp3) is 0.541. The summed E-state index contributed by atoms with van der Waals surface area (Å²) < 4.78 is 11.4. The van der Waals surface area contributed by atoms with Crippen LogP contribution in [0.1, 0.15) is 93.3 Å². The third kappa shape index (κ3) is 6.26. The maximum atomic E-state index is 12.4. The Labute approximate surface area is 288 Å². The van der Waals surface area contributed by atoms with Gasteiger partial charge in [0.25, 0.3) is 0 Å². The number of carbonyl (C=O) groups excluding carboxylic acids is 1. The van der Waals surface area contributed by atoms with Gasteiger partial charge in [-0.1, -0.05) is 12.1 Å². The SMILES string of the molecule is COc1nc(N2CCc3[nH]c(N)c(/C=C(\N)c4ccccc4O)c3C2C)ncc1C1CCN(C2CC3(C2)CN(C(=O)OC(C)(C)C)C3)CC1. The van der Waals surface area contributed by atoms with Crippen molar-refractivity contribution < 1.29 is 19.4 Å². The van der Waals surface area contributed by atoms with Gasteiger partial charge in [0.05, 0.1) is 13.2 Å². The maximum Gasteiger partial charge on any atom is 0.410 e. The number of ether oxygens (including phenoxy) is 2. The number of benzene rings is 1. The molecule has 3 aromatic rings. The van der Waals surface area contributed by atoms with Crippen molar-refractivity contribution >= 4 is 29.6 Å². The van der Waals surface area contributed by atoms with E-state index in [-0.39, 0.29) is 23.3 Å². The van der Waals surface area contributed by atoms with Gasteiger partial charge in [-0.2, -0.15) is 4.98 Å². The fourth-order valence-electron chi connectivity index (χ4n) is 8.44. The fourth-order valence-corrected chi connectivity index (χ4v) is 8.44. The van der Waals surface area contributed by atoms with E-state index in [1.807, 2.05) is 44.0 Å². The number of hydrogen-bond donors (Lipinski definition) is 4. The predicted molar refractivity (Wildman–Crippen MR) is 190 cm³/mol. The van der Waals surface area contributed by atoms with E-state index < -0.39 is 5.60 Å². The van der Waals surface area contributed by atoms with Crippen LogP contribution in [0.15, 0.2) is 30.5 Å². The van der Waals surface area contributed by atoms with E-state index in [2.05, 4.69) is 21.7 Å². The number of phenols is 1. The summed E-state index contributed by atoms with van der Waals surface area (Å²) in [5.74, 6) is 2.27. The highest BCUT2D eigenvalue weighted by molar-refractivity contribution is 5.86. The molecule has 2 aromatic heterocycles. The Morgan fingerprint density at radius 3 is 2.53 bits per heavy atom. The minimum atomic E-state index is -0.457. The van der Waals surface area contributed by atoms with Crippen molar-refractivity contribution in [3.05, 3.63) is 58.4 Å². The van der Waals surface area contributed by atoms with Gasteiger partial charge in [-0.05, 0) is 90.6 Å². The second-order valence-electron chi connectivity index (χ2n) is 15.4. The molecular weight excluding hydrogens is 620 g/mol. The number of aromatic amines is 1. The Balaban J connectivity index is 0.986. The van der Waals surface area contributed by atoms with Crippen molar-refractivity contribution in [3.63, 3.8) is 0 Å². The lowest BCUT2D eigenvalue weighted by Gasteiger charge is -2.61. The number of amides is 1. The minimum absolute atomic E-state index is 0.0721. The van der Waals surface area contributed by atoms with Crippen LogP contribution in [0.5, 0.6) is 11.6 Å². The van der Waals surface area contributed by atoms with Crippen LogP contribution in [0.2, 0.25) is 0 Å². The lowest BCUT2D eigenvalue weighted by molar-refractivity contribution is -0.110. The average Bonchev–Trinajstić information content (AvgIpc) is 3.34. The number of likely N-dealkylation sites (tertiary alicyclic amines) is 2. The van der Waals surface area contributed by atoms with Gasteiger partial charge in [0.2, 0.25) is 11.8 Å². The topological polar surface area (TPSA) is 159 Å². The number of H-pyrrole nitrogens is 1. The van der Waals surface area contributed by atoms with Crippen LogP contribution < -0.4 is 21.1 Å². The van der Waals surface area contributed by atoms with Gasteiger partial charge >= 0.3 is 6.09 Å². The Bertz CT molecular complexity index is 1740. The summed E-state index contributed by atoms with van der Waals surface area (Å²) in [6.07, 6.45) is 8.74. The average molecular weight is 671 g/mol. The molecule has 0 bridgehead atoms. The van der Waals surface area contributed by atoms with Gasteiger partial charge in [-0.15, -0.1) is 0 Å². The molecular formula is C37H50N8O4. The van der Waals surface area contributed by atoms with Gasteiger partial charge in [0, 0.05) is 77.4 Å². The van der Waals surface area contributed by atoms with Gasteiger partial charge in [0.1, 0.15) is 17.2 Å². The van der Waals surface area contributed by atoms with Crippen LogP contribution in [0.3, 0.4) is 0 Å². The molecule has 262 valence electrons. The molecule has 1 unspecified atom stereocenters. The van der Waals surface area contributed by atoms with E-state index in [0.717, 1.165) is 87.2 Å². The molecule has 1 aliphatic carbocycles. The standard InChI is InChI=1S/C37H50N8O4/c1-22-31-26(16-28(38)25-8-6-7-9-30(25)46)32(39)41-29(31)12-15-45(22)34-40-19-27(33(42-34)48-5)23-10-13-43(14-11-23)24-17-37(18-24)20-44(21-37)35(47)49-36(2,3)4/h6-9,16,19,22-24,41,46H,10-15,17-18,20-21,38-39H2,1-5H3/b28-16-. The molecule has 12 heteroatoms. The number of fused-ring (bicyclic) bond motifs is 1. The van der Waals surface area contributed by atoms with E-state index in [1.54, 1.807) is 25.3 Å². The molecule has 3 aliphatic heterocycles. The normalized spacial score (nSPS) is 21.7. The maximum absolute atomic E-state index is 12.4. The molecule has 0 radical (unpaired) electrons. The van der Waals surface area contributed by atoms with Crippen molar-refractivity contribution in [2.75, 3.05) is 50.5 Å². The second kappa shape index (κ2) is 12.5. The molecule has 12 nitrogen and oxygen atoms in total. The Hall–Kier alpha value is -4.45. The van der Waals surface area contributed by atoms with E-state index >= 15 is 0 Å². The van der Waals surface area contributed by atoms with Crippen molar-refractivity contribution in [2.45, 2.75) is 83.4 Å². The third-order valence-corrected chi connectivity index (χ3v) is 10.9. The Kier molecular flexibility index (Phi) is 8.41. The number of aromatic nitrogens is 3. The number of para-hydroxylation sites is 1. The van der Waals surface area contributed by atoms with Crippen LogP contribution in [-0.2, 0) is 11.2 Å². The molecule has 1 aromatic carbocycles. The summed E-state index contributed by atoms with van der Waals surface area (Å²) in [7, 11) is 1.69. The summed E-state index contributed by atoms with van der Waals surface area (Å²) in [5, 5.41) is 10.3. The zero-order valence-corrected chi connectivity index (χ0v) is 29.3. The van der Waals surface area contributed by atoms with E-state index in [0.29, 0.717) is 40.9 Å². The summed E-state index contributed by atoms with van der Waals surface area (Å²) in [6.45, 7) is 12.3. The first-order chi connectivity index (χ1) is 23.3. The van der Waals surface area contributed by atoms with Crippen LogP contribution in [0.4, 0.5) is 16.6 Å². The number of carbonyl (C=O) groups is 1. The van der Waals surface area contributed by atoms with Crippen LogP contribution in [0, 0.1) is 5.41 Å². The zero-order chi connectivity index (χ0) is 34.7. The Morgan fingerprint density at radius 2 is 1.86 bits per heavy atom. The van der Waals surface area contributed by atoms with E-state index in [9.17, 15) is 9.90 Å². The molecule has 3 fully saturated rings. The van der Waals surface area contributed by atoms with Gasteiger partial charge in [-0.3, -0.25) is 0 Å². The number of phenolic OH excluding ortho intramolecular Hbond substituents is 1. The number of nitrogens with zero attached hydrogens (tertiary/aromatic N) is 5. The molecule has 1 amide bonds. The number of hydrogen-bond acceptors (Lipinski definition) is 10. The molecule has 5 heterocycles. The second-order valence-corrected chi connectivity index (χ2v) is 15.4. The molecule has 1 atom stereocenters. The van der Waals surface area contributed by atoms with Gasteiger partial charge in [0.15, 0.2) is 0 Å². The van der Waals surface area contributed by atoms with Crippen LogP contribution in [-0.4, -0.2) is 87.4 Å². The molecule has 7 rings (SSSR count). The third-order valence-electron chi connectivity index (χ3n) is 10.9. The summed E-state index contributed by atoms with van der Waals surface area (Å²) in [6, 6.07) is 7.54. The van der Waals surface area contributed by atoms with Crippen molar-refractivity contribution in [2.24, 2.45) is 11.1 Å².